The standard InChI is InChI=1S/C11H25N3O/c1-13(2)9-11-4-3-6-14(11)8-10(12)5-7-15/h10-11,15H,3-9,12H2,1-2H3. The number of hydrogen-bond donors (Lipinski definition) is 2. The highest BCUT2D eigenvalue weighted by molar-refractivity contribution is 4.83. The maximum atomic E-state index is 8.82. The first-order valence-electron chi connectivity index (χ1n) is 5.88. The maximum Gasteiger partial charge on any atom is 0.0446 e. The van der Waals surface area contributed by atoms with Crippen molar-refractivity contribution >= 4 is 0 Å². The summed E-state index contributed by atoms with van der Waals surface area (Å²) in [5.41, 5.74) is 5.94. The second-order valence-electron chi connectivity index (χ2n) is 4.83. The van der Waals surface area contributed by atoms with E-state index in [1.807, 2.05) is 0 Å². The normalized spacial score (nSPS) is 25.0. The van der Waals surface area contributed by atoms with E-state index in [9.17, 15) is 0 Å². The minimum atomic E-state index is 0.123. The number of nitrogens with zero attached hydrogens (tertiary/aromatic N) is 2. The van der Waals surface area contributed by atoms with Crippen LogP contribution in [0.4, 0.5) is 0 Å². The van der Waals surface area contributed by atoms with Crippen LogP contribution in [0.5, 0.6) is 0 Å². The van der Waals surface area contributed by atoms with Gasteiger partial charge in [-0.3, -0.25) is 4.90 Å². The summed E-state index contributed by atoms with van der Waals surface area (Å²) in [6.07, 6.45) is 3.28. The average Bonchev–Trinajstić information content (AvgIpc) is 2.52. The molecule has 0 aromatic rings. The van der Waals surface area contributed by atoms with Crippen LogP contribution in [0.25, 0.3) is 0 Å². The van der Waals surface area contributed by atoms with Gasteiger partial charge in [-0.25, -0.2) is 0 Å². The molecule has 1 saturated heterocycles. The summed E-state index contributed by atoms with van der Waals surface area (Å²) < 4.78 is 0. The topological polar surface area (TPSA) is 52.7 Å². The summed E-state index contributed by atoms with van der Waals surface area (Å²) in [6.45, 7) is 3.41. The molecule has 90 valence electrons. The molecule has 2 atom stereocenters. The van der Waals surface area contributed by atoms with Crippen molar-refractivity contribution < 1.29 is 5.11 Å². The van der Waals surface area contributed by atoms with Gasteiger partial charge in [0.25, 0.3) is 0 Å². The Bertz CT molecular complexity index is 175. The fourth-order valence-corrected chi connectivity index (χ4v) is 2.32. The lowest BCUT2D eigenvalue weighted by Crippen LogP contribution is -2.44. The van der Waals surface area contributed by atoms with E-state index in [1.54, 1.807) is 0 Å². The fraction of sp³-hybridized carbons (Fsp3) is 1.00. The molecular formula is C11H25N3O. The van der Waals surface area contributed by atoms with Gasteiger partial charge in [-0.2, -0.15) is 0 Å². The number of likely N-dealkylation sites (tertiary alicyclic amines) is 1. The number of aliphatic hydroxyl groups excluding tert-OH is 1. The molecule has 0 aliphatic carbocycles. The summed E-state index contributed by atoms with van der Waals surface area (Å²) >= 11 is 0. The van der Waals surface area contributed by atoms with Gasteiger partial charge in [-0.1, -0.05) is 0 Å². The lowest BCUT2D eigenvalue weighted by Gasteiger charge is -2.29. The summed E-state index contributed by atoms with van der Waals surface area (Å²) in [6, 6.07) is 0.780. The highest BCUT2D eigenvalue weighted by atomic mass is 16.3. The van der Waals surface area contributed by atoms with Crippen molar-refractivity contribution in [2.24, 2.45) is 5.73 Å². The van der Waals surface area contributed by atoms with Crippen molar-refractivity contribution in [2.75, 3.05) is 40.3 Å². The Morgan fingerprint density at radius 1 is 1.53 bits per heavy atom. The Kier molecular flexibility index (Phi) is 5.53. The predicted octanol–water partition coefficient (Wildman–Crippen LogP) is -0.278. The molecule has 0 aromatic heterocycles. The predicted molar refractivity (Wildman–Crippen MR) is 62.8 cm³/mol. The zero-order valence-electron chi connectivity index (χ0n) is 10.0. The van der Waals surface area contributed by atoms with Crippen molar-refractivity contribution in [3.8, 4) is 0 Å². The molecule has 1 aliphatic heterocycles. The first-order chi connectivity index (χ1) is 7.13. The molecule has 0 aromatic carbocycles. The molecule has 0 bridgehead atoms. The van der Waals surface area contributed by atoms with Gasteiger partial charge in [0.05, 0.1) is 0 Å². The minimum absolute atomic E-state index is 0.123. The third-order valence-electron chi connectivity index (χ3n) is 3.04. The van der Waals surface area contributed by atoms with Crippen LogP contribution in [-0.4, -0.2) is 67.3 Å². The zero-order chi connectivity index (χ0) is 11.3. The summed E-state index contributed by atoms with van der Waals surface area (Å²) in [5, 5.41) is 8.82. The van der Waals surface area contributed by atoms with E-state index in [0.29, 0.717) is 12.5 Å². The molecule has 1 rings (SSSR count). The summed E-state index contributed by atoms with van der Waals surface area (Å²) in [4.78, 5) is 4.71. The quantitative estimate of drug-likeness (QED) is 0.640. The molecule has 15 heavy (non-hydrogen) atoms. The molecule has 1 aliphatic rings. The van der Waals surface area contributed by atoms with Gasteiger partial charge in [0.2, 0.25) is 0 Å². The lowest BCUT2D eigenvalue weighted by molar-refractivity contribution is 0.185. The minimum Gasteiger partial charge on any atom is -0.396 e. The van der Waals surface area contributed by atoms with Crippen molar-refractivity contribution in [2.45, 2.75) is 31.3 Å². The van der Waals surface area contributed by atoms with E-state index in [1.165, 1.54) is 12.8 Å². The van der Waals surface area contributed by atoms with Crippen LogP contribution >= 0.6 is 0 Å². The van der Waals surface area contributed by atoms with Crippen LogP contribution in [-0.2, 0) is 0 Å². The van der Waals surface area contributed by atoms with Gasteiger partial charge >= 0.3 is 0 Å². The van der Waals surface area contributed by atoms with Crippen LogP contribution in [0.1, 0.15) is 19.3 Å². The van der Waals surface area contributed by atoms with E-state index in [0.717, 1.165) is 19.6 Å². The molecule has 2 unspecified atom stereocenters. The van der Waals surface area contributed by atoms with Crippen molar-refractivity contribution in [3.05, 3.63) is 0 Å². The first-order valence-corrected chi connectivity index (χ1v) is 5.88. The molecule has 0 spiro atoms. The van der Waals surface area contributed by atoms with Gasteiger partial charge < -0.3 is 15.7 Å². The number of nitrogens with two attached hydrogens (primary N) is 1. The van der Waals surface area contributed by atoms with Crippen LogP contribution in [0, 0.1) is 0 Å². The lowest BCUT2D eigenvalue weighted by atomic mass is 10.2. The van der Waals surface area contributed by atoms with Crippen molar-refractivity contribution in [1.29, 1.82) is 0 Å². The maximum absolute atomic E-state index is 8.82. The fourth-order valence-electron chi connectivity index (χ4n) is 2.32. The number of rotatable bonds is 6. The molecule has 0 saturated carbocycles. The number of likely N-dealkylation sites (N-methyl/N-ethyl adjacent to an activating group) is 1. The third kappa shape index (κ3) is 4.47. The molecule has 3 N–H and O–H groups in total. The highest BCUT2D eigenvalue weighted by Crippen LogP contribution is 2.17. The first kappa shape index (κ1) is 12.9. The summed E-state index contributed by atoms with van der Waals surface area (Å²) in [7, 11) is 4.23. The summed E-state index contributed by atoms with van der Waals surface area (Å²) in [5.74, 6) is 0. The van der Waals surface area contributed by atoms with E-state index in [-0.39, 0.29) is 12.6 Å². The monoisotopic (exact) mass is 215 g/mol. The Morgan fingerprint density at radius 3 is 2.87 bits per heavy atom. The van der Waals surface area contributed by atoms with Crippen LogP contribution < -0.4 is 5.73 Å². The average molecular weight is 215 g/mol. The molecule has 0 radical (unpaired) electrons. The second kappa shape index (κ2) is 6.43. The van der Waals surface area contributed by atoms with Gasteiger partial charge in [-0.05, 0) is 39.9 Å². The van der Waals surface area contributed by atoms with E-state index in [4.69, 9.17) is 10.8 Å². The van der Waals surface area contributed by atoms with Crippen molar-refractivity contribution in [1.82, 2.24) is 9.80 Å². The smallest absolute Gasteiger partial charge is 0.0446 e. The van der Waals surface area contributed by atoms with E-state index >= 15 is 0 Å². The van der Waals surface area contributed by atoms with E-state index in [2.05, 4.69) is 23.9 Å². The Hall–Kier alpha value is -0.160. The molecule has 4 nitrogen and oxygen atoms in total. The Labute approximate surface area is 93.0 Å². The molecular weight excluding hydrogens is 190 g/mol. The largest absolute Gasteiger partial charge is 0.396 e. The van der Waals surface area contributed by atoms with Gasteiger partial charge in [0.1, 0.15) is 0 Å². The van der Waals surface area contributed by atoms with Gasteiger partial charge in [0, 0.05) is 31.8 Å². The highest BCUT2D eigenvalue weighted by Gasteiger charge is 2.25. The SMILES string of the molecule is CN(C)CC1CCCN1CC(N)CCO. The molecule has 1 heterocycles. The van der Waals surface area contributed by atoms with Crippen LogP contribution in [0.3, 0.4) is 0 Å². The van der Waals surface area contributed by atoms with Crippen LogP contribution in [0.2, 0.25) is 0 Å². The Morgan fingerprint density at radius 2 is 2.27 bits per heavy atom. The van der Waals surface area contributed by atoms with E-state index < -0.39 is 0 Å². The number of hydrogen-bond acceptors (Lipinski definition) is 4. The molecule has 1 fully saturated rings. The molecule has 4 heteroatoms. The zero-order valence-corrected chi connectivity index (χ0v) is 10.0. The number of aliphatic hydroxyl groups is 1. The van der Waals surface area contributed by atoms with Gasteiger partial charge in [0.15, 0.2) is 0 Å². The second-order valence-corrected chi connectivity index (χ2v) is 4.83. The molecule has 0 amide bonds. The third-order valence-corrected chi connectivity index (χ3v) is 3.04. The van der Waals surface area contributed by atoms with Gasteiger partial charge in [-0.15, -0.1) is 0 Å². The Balaban J connectivity index is 2.32. The van der Waals surface area contributed by atoms with Crippen LogP contribution in [0.15, 0.2) is 0 Å². The van der Waals surface area contributed by atoms with Crippen molar-refractivity contribution in [3.63, 3.8) is 0 Å².